The maximum absolute atomic E-state index is 13.7. The van der Waals surface area contributed by atoms with Crippen molar-refractivity contribution in [2.45, 2.75) is 44.8 Å². The molecule has 2 heterocycles. The van der Waals surface area contributed by atoms with Gasteiger partial charge in [0.25, 0.3) is 0 Å². The number of benzene rings is 2. The van der Waals surface area contributed by atoms with Crippen LogP contribution in [-0.4, -0.2) is 24.0 Å². The Labute approximate surface area is 200 Å². The zero-order valence-corrected chi connectivity index (χ0v) is 19.7. The number of carbonyl (C=O) groups excluding carboxylic acids is 1. The Hall–Kier alpha value is -3.80. The lowest BCUT2D eigenvalue weighted by atomic mass is 9.78. The molecule has 0 saturated heterocycles. The van der Waals surface area contributed by atoms with Crippen LogP contribution in [0.3, 0.4) is 0 Å². The van der Waals surface area contributed by atoms with Crippen LogP contribution in [0.2, 0.25) is 0 Å². The van der Waals surface area contributed by atoms with Gasteiger partial charge < -0.3 is 20.1 Å². The number of fused-ring (bicyclic) bond motifs is 1. The smallest absolute Gasteiger partial charge is 0.163 e. The maximum Gasteiger partial charge on any atom is 0.163 e. The zero-order chi connectivity index (χ0) is 23.7. The van der Waals surface area contributed by atoms with E-state index in [0.29, 0.717) is 17.9 Å². The number of ether oxygens (including phenoxy) is 2. The van der Waals surface area contributed by atoms with E-state index < -0.39 is 0 Å². The summed E-state index contributed by atoms with van der Waals surface area (Å²) in [4.78, 5) is 18.0. The van der Waals surface area contributed by atoms with Crippen LogP contribution in [0.5, 0.6) is 11.5 Å². The maximum atomic E-state index is 13.7. The third kappa shape index (κ3) is 4.23. The van der Waals surface area contributed by atoms with Crippen LogP contribution in [0.1, 0.15) is 49.8 Å². The van der Waals surface area contributed by atoms with E-state index in [1.165, 1.54) is 0 Å². The molecule has 6 nitrogen and oxygen atoms in total. The third-order valence-corrected chi connectivity index (χ3v) is 6.35. The molecule has 0 bridgehead atoms. The Morgan fingerprint density at radius 2 is 1.79 bits per heavy atom. The van der Waals surface area contributed by atoms with E-state index >= 15 is 0 Å². The number of hydrogen-bond donors (Lipinski definition) is 2. The number of carbonyl (C=O) groups is 1. The first-order valence-electron chi connectivity index (χ1n) is 11.7. The molecule has 0 fully saturated rings. The summed E-state index contributed by atoms with van der Waals surface area (Å²) in [5, 5.41) is 7.16. The van der Waals surface area contributed by atoms with Gasteiger partial charge in [0.2, 0.25) is 0 Å². The molecule has 2 unspecified atom stereocenters. The zero-order valence-electron chi connectivity index (χ0n) is 19.7. The lowest BCUT2D eigenvalue weighted by molar-refractivity contribution is -0.116. The van der Waals surface area contributed by atoms with Gasteiger partial charge in [-0.25, -0.2) is 0 Å². The molecule has 1 aliphatic carbocycles. The molecule has 2 aromatic carbocycles. The Morgan fingerprint density at radius 1 is 0.971 bits per heavy atom. The lowest BCUT2D eigenvalue weighted by Crippen LogP contribution is -2.27. The van der Waals surface area contributed by atoms with E-state index in [9.17, 15) is 4.79 Å². The van der Waals surface area contributed by atoms with Crippen LogP contribution in [0.25, 0.3) is 0 Å². The number of aromatic nitrogens is 1. The van der Waals surface area contributed by atoms with Crippen molar-refractivity contribution in [2.24, 2.45) is 0 Å². The molecule has 3 aromatic rings. The molecule has 6 heteroatoms. The van der Waals surface area contributed by atoms with Gasteiger partial charge in [0.05, 0.1) is 30.6 Å². The predicted molar refractivity (Wildman–Crippen MR) is 133 cm³/mol. The molecule has 5 rings (SSSR count). The van der Waals surface area contributed by atoms with Crippen molar-refractivity contribution in [1.82, 2.24) is 4.98 Å². The van der Waals surface area contributed by atoms with Crippen LogP contribution < -0.4 is 20.1 Å². The highest BCUT2D eigenvalue weighted by Gasteiger charge is 2.36. The normalized spacial score (nSPS) is 19.5. The van der Waals surface area contributed by atoms with Gasteiger partial charge in [0.1, 0.15) is 0 Å². The summed E-state index contributed by atoms with van der Waals surface area (Å²) in [6, 6.07) is 17.7. The molecular weight excluding hydrogens is 426 g/mol. The quantitative estimate of drug-likeness (QED) is 0.502. The standard InChI is InChI=1S/C28H29N3O3/c1-17(2)34-25-11-10-18(15-26(25)33-3)20-13-23-27(24(32)14-20)28(19-7-6-12-29-16-19)31-22-9-5-4-8-21(22)30-23/h4-12,15-17,20,28,30-31H,13-14H2,1-3H3. The minimum Gasteiger partial charge on any atom is -0.493 e. The van der Waals surface area contributed by atoms with Crippen LogP contribution in [0.4, 0.5) is 11.4 Å². The number of pyridine rings is 1. The molecule has 34 heavy (non-hydrogen) atoms. The average Bonchev–Trinajstić information content (AvgIpc) is 3.01. The van der Waals surface area contributed by atoms with Gasteiger partial charge in [-0.3, -0.25) is 9.78 Å². The molecule has 2 N–H and O–H groups in total. The van der Waals surface area contributed by atoms with Crippen LogP contribution in [0.15, 0.2) is 78.3 Å². The van der Waals surface area contributed by atoms with Gasteiger partial charge in [-0.05, 0) is 67.6 Å². The van der Waals surface area contributed by atoms with Gasteiger partial charge in [-0.1, -0.05) is 24.3 Å². The molecular formula is C28H29N3O3. The van der Waals surface area contributed by atoms with Crippen molar-refractivity contribution < 1.29 is 14.3 Å². The molecule has 174 valence electrons. The first kappa shape index (κ1) is 22.0. The van der Waals surface area contributed by atoms with Gasteiger partial charge in [0, 0.05) is 30.1 Å². The van der Waals surface area contributed by atoms with Crippen molar-refractivity contribution >= 4 is 17.2 Å². The number of anilines is 2. The van der Waals surface area contributed by atoms with E-state index in [-0.39, 0.29) is 23.8 Å². The SMILES string of the molecule is COc1cc(C2CC(=O)C3=C(C2)Nc2ccccc2NC3c2cccnc2)ccc1OC(C)C. The number of hydrogen-bond acceptors (Lipinski definition) is 6. The summed E-state index contributed by atoms with van der Waals surface area (Å²) in [6.45, 7) is 3.98. The number of rotatable bonds is 5. The van der Waals surface area contributed by atoms with Crippen molar-refractivity contribution in [1.29, 1.82) is 0 Å². The number of methoxy groups -OCH3 is 1. The highest BCUT2D eigenvalue weighted by atomic mass is 16.5. The highest BCUT2D eigenvalue weighted by molar-refractivity contribution is 6.01. The van der Waals surface area contributed by atoms with E-state index in [0.717, 1.165) is 40.2 Å². The Kier molecular flexibility index (Phi) is 5.97. The second-order valence-corrected chi connectivity index (χ2v) is 9.03. The number of ketones is 1. The van der Waals surface area contributed by atoms with Crippen LogP contribution in [0, 0.1) is 0 Å². The Bertz CT molecular complexity index is 1240. The number of nitrogens with zero attached hydrogens (tertiary/aromatic N) is 1. The van der Waals surface area contributed by atoms with Crippen LogP contribution in [-0.2, 0) is 4.79 Å². The summed E-state index contributed by atoms with van der Waals surface area (Å²) in [5.41, 5.74) is 5.71. The second kappa shape index (κ2) is 9.21. The van der Waals surface area contributed by atoms with Gasteiger partial charge in [-0.2, -0.15) is 0 Å². The highest BCUT2D eigenvalue weighted by Crippen LogP contribution is 2.45. The summed E-state index contributed by atoms with van der Waals surface area (Å²) >= 11 is 0. The van der Waals surface area contributed by atoms with E-state index in [2.05, 4.69) is 15.6 Å². The molecule has 2 atom stereocenters. The van der Waals surface area contributed by atoms with Gasteiger partial charge >= 0.3 is 0 Å². The van der Waals surface area contributed by atoms with Crippen molar-refractivity contribution in [3.05, 3.63) is 89.4 Å². The predicted octanol–water partition coefficient (Wildman–Crippen LogP) is 5.86. The molecule has 0 saturated carbocycles. The molecule has 0 radical (unpaired) electrons. The average molecular weight is 456 g/mol. The largest absolute Gasteiger partial charge is 0.493 e. The fourth-order valence-electron chi connectivity index (χ4n) is 4.81. The van der Waals surface area contributed by atoms with Gasteiger partial charge in [0.15, 0.2) is 17.3 Å². The Balaban J connectivity index is 1.54. The summed E-state index contributed by atoms with van der Waals surface area (Å²) in [7, 11) is 1.65. The number of allylic oxidation sites excluding steroid dienone is 1. The molecule has 0 amide bonds. The van der Waals surface area contributed by atoms with E-state index in [1.807, 2.05) is 74.6 Å². The third-order valence-electron chi connectivity index (χ3n) is 6.35. The minimum absolute atomic E-state index is 0.0422. The first-order chi connectivity index (χ1) is 16.5. The van der Waals surface area contributed by atoms with Crippen molar-refractivity contribution in [2.75, 3.05) is 17.7 Å². The fraction of sp³-hybridized carbons (Fsp3) is 0.286. The summed E-state index contributed by atoms with van der Waals surface area (Å²) < 4.78 is 11.5. The van der Waals surface area contributed by atoms with Gasteiger partial charge in [-0.15, -0.1) is 0 Å². The van der Waals surface area contributed by atoms with E-state index in [1.54, 1.807) is 13.3 Å². The molecule has 1 aliphatic heterocycles. The summed E-state index contributed by atoms with van der Waals surface area (Å²) in [5.74, 6) is 1.58. The van der Waals surface area contributed by atoms with Crippen LogP contribution >= 0.6 is 0 Å². The van der Waals surface area contributed by atoms with E-state index in [4.69, 9.17) is 9.47 Å². The monoisotopic (exact) mass is 455 g/mol. The Morgan fingerprint density at radius 3 is 2.53 bits per heavy atom. The van der Waals surface area contributed by atoms with Crippen molar-refractivity contribution in [3.8, 4) is 11.5 Å². The fourth-order valence-corrected chi connectivity index (χ4v) is 4.81. The summed E-state index contributed by atoms with van der Waals surface area (Å²) in [6.07, 6.45) is 4.79. The number of para-hydroxylation sites is 2. The lowest BCUT2D eigenvalue weighted by Gasteiger charge is -2.30. The minimum atomic E-state index is -0.260. The second-order valence-electron chi connectivity index (χ2n) is 9.03. The first-order valence-corrected chi connectivity index (χ1v) is 11.7. The number of Topliss-reactive ketones (excluding diaryl/α,β-unsaturated/α-hetero) is 1. The molecule has 2 aliphatic rings. The molecule has 1 aromatic heterocycles. The van der Waals surface area contributed by atoms with Crippen molar-refractivity contribution in [3.63, 3.8) is 0 Å². The molecule has 0 spiro atoms. The number of nitrogens with one attached hydrogen (secondary N) is 2. The topological polar surface area (TPSA) is 72.5 Å².